The second-order valence-electron chi connectivity index (χ2n) is 6.46. The van der Waals surface area contributed by atoms with Crippen molar-refractivity contribution < 1.29 is 14.4 Å². The minimum Gasteiger partial charge on any atom is -0.331 e. The molecule has 21 heavy (non-hydrogen) atoms. The molecule has 1 N–H and O–H groups in total. The van der Waals surface area contributed by atoms with Gasteiger partial charge in [-0.3, -0.25) is 14.9 Å². The summed E-state index contributed by atoms with van der Waals surface area (Å²) in [6.07, 6.45) is 3.61. The molecular weight excluding hydrogens is 270 g/mol. The maximum atomic E-state index is 12.2. The molecule has 1 unspecified atom stereocenters. The smallest absolute Gasteiger partial charge is 0.319 e. The van der Waals surface area contributed by atoms with Gasteiger partial charge in [-0.15, -0.1) is 0 Å². The molecule has 4 amide bonds. The number of amides is 4. The van der Waals surface area contributed by atoms with Gasteiger partial charge >= 0.3 is 6.03 Å². The molecule has 0 bridgehead atoms. The van der Waals surface area contributed by atoms with Crippen molar-refractivity contribution in [3.05, 3.63) is 0 Å². The Morgan fingerprint density at radius 2 is 1.95 bits per heavy atom. The van der Waals surface area contributed by atoms with E-state index in [1.165, 1.54) is 0 Å². The van der Waals surface area contributed by atoms with E-state index in [0.29, 0.717) is 19.5 Å². The predicted molar refractivity (Wildman–Crippen MR) is 78.5 cm³/mol. The van der Waals surface area contributed by atoms with Crippen molar-refractivity contribution in [2.45, 2.75) is 39.0 Å². The van der Waals surface area contributed by atoms with Crippen LogP contribution in [0.3, 0.4) is 0 Å². The molecule has 1 spiro atoms. The van der Waals surface area contributed by atoms with Crippen LogP contribution in [0.2, 0.25) is 0 Å². The second kappa shape index (κ2) is 6.03. The molecule has 2 fully saturated rings. The Morgan fingerprint density at radius 1 is 1.33 bits per heavy atom. The number of nitrogens with one attached hydrogen (secondary N) is 1. The third kappa shape index (κ3) is 3.04. The second-order valence-corrected chi connectivity index (χ2v) is 6.46. The summed E-state index contributed by atoms with van der Waals surface area (Å²) in [5.41, 5.74) is -0.251. The zero-order valence-corrected chi connectivity index (χ0v) is 13.1. The highest BCUT2D eigenvalue weighted by molar-refractivity contribution is 5.99. The average molecular weight is 295 g/mol. The van der Waals surface area contributed by atoms with Gasteiger partial charge in [0.1, 0.15) is 0 Å². The van der Waals surface area contributed by atoms with Crippen LogP contribution in [-0.2, 0) is 9.59 Å². The number of piperidine rings is 2. The van der Waals surface area contributed by atoms with Crippen LogP contribution >= 0.6 is 0 Å². The Balaban J connectivity index is 2.12. The van der Waals surface area contributed by atoms with Gasteiger partial charge in [-0.1, -0.05) is 13.3 Å². The van der Waals surface area contributed by atoms with E-state index in [1.807, 2.05) is 4.90 Å². The lowest BCUT2D eigenvalue weighted by Crippen LogP contribution is -2.57. The summed E-state index contributed by atoms with van der Waals surface area (Å²) in [5.74, 6) is -0.392. The zero-order valence-electron chi connectivity index (χ0n) is 13.1. The minimum absolute atomic E-state index is 0.00322. The first kappa shape index (κ1) is 15.8. The summed E-state index contributed by atoms with van der Waals surface area (Å²) in [7, 11) is 3.48. The number of hydrogen-bond donors (Lipinski definition) is 1. The van der Waals surface area contributed by atoms with Crippen molar-refractivity contribution in [1.29, 1.82) is 0 Å². The first-order chi connectivity index (χ1) is 9.89. The fraction of sp³-hybridized carbons (Fsp3) is 0.800. The molecule has 6 nitrogen and oxygen atoms in total. The van der Waals surface area contributed by atoms with Crippen molar-refractivity contribution in [3.63, 3.8) is 0 Å². The van der Waals surface area contributed by atoms with E-state index in [-0.39, 0.29) is 29.2 Å². The molecule has 2 rings (SSSR count). The van der Waals surface area contributed by atoms with Gasteiger partial charge in [0.15, 0.2) is 0 Å². The lowest BCUT2D eigenvalue weighted by molar-refractivity contribution is -0.146. The van der Waals surface area contributed by atoms with Crippen molar-refractivity contribution in [2.75, 3.05) is 27.2 Å². The summed E-state index contributed by atoms with van der Waals surface area (Å²) in [4.78, 5) is 39.4. The fourth-order valence-corrected chi connectivity index (χ4v) is 3.67. The molecule has 0 aromatic rings. The highest BCUT2D eigenvalue weighted by Gasteiger charge is 2.49. The lowest BCUT2D eigenvalue weighted by Gasteiger charge is -2.48. The number of likely N-dealkylation sites (tertiary alicyclic amines) is 1. The fourth-order valence-electron chi connectivity index (χ4n) is 3.67. The topological polar surface area (TPSA) is 69.7 Å². The van der Waals surface area contributed by atoms with Crippen molar-refractivity contribution in [3.8, 4) is 0 Å². The van der Waals surface area contributed by atoms with Gasteiger partial charge in [0.05, 0.1) is 0 Å². The van der Waals surface area contributed by atoms with Crippen molar-refractivity contribution in [1.82, 2.24) is 15.1 Å². The average Bonchev–Trinajstić information content (AvgIpc) is 2.43. The Labute approximate surface area is 125 Å². The quantitative estimate of drug-likeness (QED) is 0.779. The number of carbonyl (C=O) groups is 3. The molecule has 6 heteroatoms. The van der Waals surface area contributed by atoms with Gasteiger partial charge in [0, 0.05) is 39.5 Å². The maximum absolute atomic E-state index is 12.2. The monoisotopic (exact) mass is 295 g/mol. The molecule has 2 heterocycles. The van der Waals surface area contributed by atoms with Crippen LogP contribution < -0.4 is 5.32 Å². The number of rotatable bonds is 2. The molecule has 0 saturated carbocycles. The molecule has 0 radical (unpaired) electrons. The molecule has 2 aliphatic heterocycles. The highest BCUT2D eigenvalue weighted by atomic mass is 16.2. The van der Waals surface area contributed by atoms with E-state index in [1.54, 1.807) is 19.0 Å². The van der Waals surface area contributed by atoms with E-state index < -0.39 is 0 Å². The highest BCUT2D eigenvalue weighted by Crippen LogP contribution is 2.46. The van der Waals surface area contributed by atoms with Crippen LogP contribution in [0.25, 0.3) is 0 Å². The third-order valence-corrected chi connectivity index (χ3v) is 4.82. The van der Waals surface area contributed by atoms with Crippen LogP contribution in [0, 0.1) is 11.3 Å². The number of nitrogens with zero attached hydrogens (tertiary/aromatic N) is 2. The number of hydrogen-bond acceptors (Lipinski definition) is 3. The Kier molecular flexibility index (Phi) is 4.54. The van der Waals surface area contributed by atoms with E-state index in [2.05, 4.69) is 12.2 Å². The van der Waals surface area contributed by atoms with E-state index >= 15 is 0 Å². The number of carbonyl (C=O) groups excluding carboxylic acids is 3. The number of imide groups is 1. The van der Waals surface area contributed by atoms with Crippen LogP contribution in [0.4, 0.5) is 4.79 Å². The molecule has 0 aromatic heterocycles. The first-order valence-electron chi connectivity index (χ1n) is 7.69. The van der Waals surface area contributed by atoms with Gasteiger partial charge in [-0.25, -0.2) is 4.79 Å². The predicted octanol–water partition coefficient (Wildman–Crippen LogP) is 1.21. The largest absolute Gasteiger partial charge is 0.331 e. The van der Waals surface area contributed by atoms with E-state index in [9.17, 15) is 14.4 Å². The SMILES string of the molecule is CCCC1C(=O)NC(=O)CC12CCN(C(=O)N(C)C)CC2. The van der Waals surface area contributed by atoms with Crippen LogP contribution in [0.5, 0.6) is 0 Å². The molecule has 118 valence electrons. The summed E-state index contributed by atoms with van der Waals surface area (Å²) in [6.45, 7) is 3.30. The molecular formula is C15H25N3O3. The van der Waals surface area contributed by atoms with Gasteiger partial charge in [-0.2, -0.15) is 0 Å². The van der Waals surface area contributed by atoms with Gasteiger partial charge in [-0.05, 0) is 24.7 Å². The van der Waals surface area contributed by atoms with E-state index in [0.717, 1.165) is 25.7 Å². The molecule has 2 saturated heterocycles. The van der Waals surface area contributed by atoms with E-state index in [4.69, 9.17) is 0 Å². The Bertz CT molecular complexity index is 439. The van der Waals surface area contributed by atoms with Crippen LogP contribution in [0.15, 0.2) is 0 Å². The maximum Gasteiger partial charge on any atom is 0.319 e. The van der Waals surface area contributed by atoms with Gasteiger partial charge < -0.3 is 9.80 Å². The first-order valence-corrected chi connectivity index (χ1v) is 7.69. The van der Waals surface area contributed by atoms with Gasteiger partial charge in [0.2, 0.25) is 11.8 Å². The molecule has 1 atom stereocenters. The molecule has 2 aliphatic rings. The van der Waals surface area contributed by atoms with Gasteiger partial charge in [0.25, 0.3) is 0 Å². The minimum atomic E-state index is -0.251. The normalized spacial score (nSPS) is 24.9. The summed E-state index contributed by atoms with van der Waals surface area (Å²) < 4.78 is 0. The third-order valence-electron chi connectivity index (χ3n) is 4.82. The standard InChI is InChI=1S/C15H25N3O3/c1-4-5-11-13(20)16-12(19)10-15(11)6-8-18(9-7-15)14(21)17(2)3/h11H,4-10H2,1-3H3,(H,16,19,20). The Hall–Kier alpha value is -1.59. The summed E-state index contributed by atoms with van der Waals surface area (Å²) in [6, 6.07) is 0.00322. The zero-order chi connectivity index (χ0) is 15.6. The lowest BCUT2D eigenvalue weighted by atomic mass is 9.63. The van der Waals surface area contributed by atoms with Crippen molar-refractivity contribution in [2.24, 2.45) is 11.3 Å². The summed E-state index contributed by atoms with van der Waals surface area (Å²) >= 11 is 0. The van der Waals surface area contributed by atoms with Crippen LogP contribution in [0.1, 0.15) is 39.0 Å². The molecule has 0 aromatic carbocycles. The molecule has 0 aliphatic carbocycles. The van der Waals surface area contributed by atoms with Crippen molar-refractivity contribution >= 4 is 17.8 Å². The van der Waals surface area contributed by atoms with Crippen LogP contribution in [-0.4, -0.2) is 54.8 Å². The summed E-state index contributed by atoms with van der Waals surface area (Å²) in [5, 5.41) is 2.47. The number of urea groups is 1. The Morgan fingerprint density at radius 3 is 2.48 bits per heavy atom.